The Labute approximate surface area is 94.8 Å². The third-order valence-corrected chi connectivity index (χ3v) is 3.56. The van der Waals surface area contributed by atoms with E-state index >= 15 is 0 Å². The predicted octanol–water partition coefficient (Wildman–Crippen LogP) is 2.97. The molecule has 1 fully saturated rings. The van der Waals surface area contributed by atoms with Crippen molar-refractivity contribution in [3.63, 3.8) is 0 Å². The predicted molar refractivity (Wildman–Crippen MR) is 65.1 cm³/mol. The van der Waals surface area contributed by atoms with Crippen molar-refractivity contribution < 1.29 is 4.74 Å². The van der Waals surface area contributed by atoms with E-state index in [0.29, 0.717) is 0 Å². The summed E-state index contributed by atoms with van der Waals surface area (Å²) in [7, 11) is 1.86. The van der Waals surface area contributed by atoms with Gasteiger partial charge in [0.05, 0.1) is 5.60 Å². The standard InChI is InChI=1S/C13H27NO/c1-11-6-8-13(15-5,9-7-11)10-14-12(2,3)4/h11,14H,6-10H2,1-5H3. The van der Waals surface area contributed by atoms with Crippen molar-refractivity contribution >= 4 is 0 Å². The van der Waals surface area contributed by atoms with Crippen molar-refractivity contribution in [2.24, 2.45) is 5.92 Å². The number of ether oxygens (including phenoxy) is 1. The first-order valence-electron chi connectivity index (χ1n) is 6.17. The van der Waals surface area contributed by atoms with Crippen LogP contribution in [0.25, 0.3) is 0 Å². The number of methoxy groups -OCH3 is 1. The zero-order valence-corrected chi connectivity index (χ0v) is 11.0. The van der Waals surface area contributed by atoms with Gasteiger partial charge in [-0.2, -0.15) is 0 Å². The lowest BCUT2D eigenvalue weighted by Gasteiger charge is -2.40. The molecule has 1 rings (SSSR count). The van der Waals surface area contributed by atoms with Gasteiger partial charge < -0.3 is 10.1 Å². The van der Waals surface area contributed by atoms with Crippen molar-refractivity contribution in [1.29, 1.82) is 0 Å². The lowest BCUT2D eigenvalue weighted by Crippen LogP contribution is -2.50. The average Bonchev–Trinajstić information content (AvgIpc) is 2.17. The monoisotopic (exact) mass is 213 g/mol. The summed E-state index contributed by atoms with van der Waals surface area (Å²) in [5, 5.41) is 3.57. The van der Waals surface area contributed by atoms with E-state index in [1.54, 1.807) is 0 Å². The van der Waals surface area contributed by atoms with Gasteiger partial charge in [-0.15, -0.1) is 0 Å². The van der Waals surface area contributed by atoms with Crippen molar-refractivity contribution in [2.75, 3.05) is 13.7 Å². The fourth-order valence-corrected chi connectivity index (χ4v) is 2.17. The van der Waals surface area contributed by atoms with Gasteiger partial charge in [0.25, 0.3) is 0 Å². The van der Waals surface area contributed by atoms with Crippen LogP contribution < -0.4 is 5.32 Å². The summed E-state index contributed by atoms with van der Waals surface area (Å²) >= 11 is 0. The number of hydrogen-bond acceptors (Lipinski definition) is 2. The van der Waals surface area contributed by atoms with Crippen LogP contribution in [0.1, 0.15) is 53.4 Å². The molecule has 0 radical (unpaired) electrons. The van der Waals surface area contributed by atoms with E-state index in [-0.39, 0.29) is 11.1 Å². The molecule has 0 heterocycles. The molecule has 2 heteroatoms. The summed E-state index contributed by atoms with van der Waals surface area (Å²) in [5.74, 6) is 0.878. The van der Waals surface area contributed by atoms with Crippen molar-refractivity contribution in [3.05, 3.63) is 0 Å². The van der Waals surface area contributed by atoms with Crippen LogP contribution in [0.5, 0.6) is 0 Å². The Morgan fingerprint density at radius 1 is 1.27 bits per heavy atom. The van der Waals surface area contributed by atoms with Crippen LogP contribution in [0.4, 0.5) is 0 Å². The molecular weight excluding hydrogens is 186 g/mol. The molecule has 1 saturated carbocycles. The van der Waals surface area contributed by atoms with Gasteiger partial charge in [-0.25, -0.2) is 0 Å². The lowest BCUT2D eigenvalue weighted by atomic mass is 9.79. The molecule has 2 nitrogen and oxygen atoms in total. The maximum atomic E-state index is 5.76. The minimum absolute atomic E-state index is 0.0970. The molecule has 90 valence electrons. The smallest absolute Gasteiger partial charge is 0.0802 e. The quantitative estimate of drug-likeness (QED) is 0.778. The van der Waals surface area contributed by atoms with Crippen LogP contribution in [-0.2, 0) is 4.74 Å². The Hall–Kier alpha value is -0.0800. The molecule has 0 aromatic heterocycles. The highest BCUT2D eigenvalue weighted by Crippen LogP contribution is 2.34. The third-order valence-electron chi connectivity index (χ3n) is 3.56. The molecule has 1 aliphatic rings. The van der Waals surface area contributed by atoms with E-state index < -0.39 is 0 Å². The second-order valence-corrected chi connectivity index (χ2v) is 6.17. The van der Waals surface area contributed by atoms with Crippen LogP contribution in [0.2, 0.25) is 0 Å². The van der Waals surface area contributed by atoms with Gasteiger partial charge in [-0.05, 0) is 52.4 Å². The van der Waals surface area contributed by atoms with Gasteiger partial charge in [0.15, 0.2) is 0 Å². The molecule has 0 aromatic carbocycles. The SMILES string of the molecule is COC1(CNC(C)(C)C)CCC(C)CC1. The summed E-state index contributed by atoms with van der Waals surface area (Å²) in [4.78, 5) is 0. The maximum Gasteiger partial charge on any atom is 0.0802 e. The normalized spacial score (nSPS) is 33.0. The van der Waals surface area contributed by atoms with Crippen LogP contribution in [0.15, 0.2) is 0 Å². The van der Waals surface area contributed by atoms with Gasteiger partial charge in [-0.1, -0.05) is 6.92 Å². The average molecular weight is 213 g/mol. The molecule has 1 N–H and O–H groups in total. The first kappa shape index (κ1) is 13.0. The van der Waals surface area contributed by atoms with E-state index in [0.717, 1.165) is 12.5 Å². The number of nitrogens with one attached hydrogen (secondary N) is 1. The van der Waals surface area contributed by atoms with Crippen LogP contribution in [0, 0.1) is 5.92 Å². The molecule has 0 bridgehead atoms. The highest BCUT2D eigenvalue weighted by atomic mass is 16.5. The number of hydrogen-bond donors (Lipinski definition) is 1. The molecule has 0 spiro atoms. The van der Waals surface area contributed by atoms with Gasteiger partial charge >= 0.3 is 0 Å². The summed E-state index contributed by atoms with van der Waals surface area (Å²) in [6.45, 7) is 9.96. The second-order valence-electron chi connectivity index (χ2n) is 6.17. The molecule has 0 amide bonds. The molecule has 0 unspecified atom stereocenters. The Morgan fingerprint density at radius 2 is 1.80 bits per heavy atom. The molecule has 0 saturated heterocycles. The van der Waals surface area contributed by atoms with Gasteiger partial charge in [0.1, 0.15) is 0 Å². The highest BCUT2D eigenvalue weighted by Gasteiger charge is 2.34. The molecule has 0 aliphatic heterocycles. The summed E-state index contributed by atoms with van der Waals surface area (Å²) in [5.41, 5.74) is 0.286. The summed E-state index contributed by atoms with van der Waals surface area (Å²) < 4.78 is 5.76. The van der Waals surface area contributed by atoms with Gasteiger partial charge in [-0.3, -0.25) is 0 Å². The minimum atomic E-state index is 0.0970. The first-order valence-corrected chi connectivity index (χ1v) is 6.17. The zero-order valence-electron chi connectivity index (χ0n) is 11.0. The van der Waals surface area contributed by atoms with Crippen LogP contribution in [-0.4, -0.2) is 24.8 Å². The third kappa shape index (κ3) is 4.12. The zero-order chi connectivity index (χ0) is 11.5. The van der Waals surface area contributed by atoms with Crippen molar-refractivity contribution in [1.82, 2.24) is 5.32 Å². The first-order chi connectivity index (χ1) is 6.87. The Balaban J connectivity index is 2.47. The maximum absolute atomic E-state index is 5.76. The Bertz CT molecular complexity index is 187. The highest BCUT2D eigenvalue weighted by molar-refractivity contribution is 4.90. The Kier molecular flexibility index (Phi) is 4.19. The topological polar surface area (TPSA) is 21.3 Å². The second kappa shape index (κ2) is 4.84. The van der Waals surface area contributed by atoms with E-state index in [1.807, 2.05) is 7.11 Å². The molecule has 0 atom stereocenters. The lowest BCUT2D eigenvalue weighted by molar-refractivity contribution is -0.0491. The fraction of sp³-hybridized carbons (Fsp3) is 1.00. The minimum Gasteiger partial charge on any atom is -0.377 e. The fourth-order valence-electron chi connectivity index (χ4n) is 2.17. The molecule has 0 aromatic rings. The van der Waals surface area contributed by atoms with E-state index in [4.69, 9.17) is 4.74 Å². The summed E-state index contributed by atoms with van der Waals surface area (Å²) in [6, 6.07) is 0. The summed E-state index contributed by atoms with van der Waals surface area (Å²) in [6.07, 6.45) is 5.01. The molecule has 1 aliphatic carbocycles. The Morgan fingerprint density at radius 3 is 2.20 bits per heavy atom. The molecule has 15 heavy (non-hydrogen) atoms. The van der Waals surface area contributed by atoms with Gasteiger partial charge in [0.2, 0.25) is 0 Å². The van der Waals surface area contributed by atoms with E-state index in [2.05, 4.69) is 33.0 Å². The van der Waals surface area contributed by atoms with E-state index in [1.165, 1.54) is 25.7 Å². The van der Waals surface area contributed by atoms with Crippen molar-refractivity contribution in [2.45, 2.75) is 64.5 Å². The number of rotatable bonds is 3. The van der Waals surface area contributed by atoms with Crippen molar-refractivity contribution in [3.8, 4) is 0 Å². The largest absolute Gasteiger partial charge is 0.377 e. The van der Waals surface area contributed by atoms with E-state index in [9.17, 15) is 0 Å². The van der Waals surface area contributed by atoms with Crippen LogP contribution >= 0.6 is 0 Å². The van der Waals surface area contributed by atoms with Gasteiger partial charge in [0, 0.05) is 19.2 Å². The van der Waals surface area contributed by atoms with Crippen LogP contribution in [0.3, 0.4) is 0 Å². The molecular formula is C13H27NO.